The highest BCUT2D eigenvalue weighted by atomic mass is 16.5. The zero-order chi connectivity index (χ0) is 26.2. The quantitative estimate of drug-likeness (QED) is 0.301. The van der Waals surface area contributed by atoms with Gasteiger partial charge in [0, 0.05) is 36.1 Å². The van der Waals surface area contributed by atoms with Gasteiger partial charge in [-0.1, -0.05) is 36.4 Å². The lowest BCUT2D eigenvalue weighted by Gasteiger charge is -2.20. The molecule has 0 spiro atoms. The van der Waals surface area contributed by atoms with Gasteiger partial charge in [0.1, 0.15) is 11.3 Å². The van der Waals surface area contributed by atoms with Crippen LogP contribution in [0.2, 0.25) is 0 Å². The Balaban J connectivity index is 1.46. The van der Waals surface area contributed by atoms with E-state index in [0.29, 0.717) is 23.3 Å². The Labute approximate surface area is 218 Å². The molecule has 1 aliphatic rings. The average Bonchev–Trinajstić information content (AvgIpc) is 3.59. The Bertz CT molecular complexity index is 1740. The van der Waals surface area contributed by atoms with Crippen LogP contribution in [0.3, 0.4) is 0 Å². The lowest BCUT2D eigenvalue weighted by Crippen LogP contribution is -2.24. The standard InChI is InChI=1S/C30H24N4O4/c1-19(35)34-27(17-26(31-34)24-16-21-8-6-7-11-28(21)38-30(24)36)25-18-33(22-9-4-3-5-10-22)32-29(25)20-12-14-23(37-2)15-13-20/h3-16,18,27H,17H2,1-2H3. The van der Waals surface area contributed by atoms with Gasteiger partial charge in [0.25, 0.3) is 0 Å². The fourth-order valence-electron chi connectivity index (χ4n) is 4.79. The molecule has 0 saturated heterocycles. The zero-order valence-corrected chi connectivity index (χ0v) is 20.9. The number of rotatable bonds is 5. The first-order valence-electron chi connectivity index (χ1n) is 12.2. The van der Waals surface area contributed by atoms with Crippen LogP contribution in [-0.2, 0) is 4.79 Å². The predicted octanol–water partition coefficient (Wildman–Crippen LogP) is 5.35. The topological polar surface area (TPSA) is 89.9 Å². The maximum atomic E-state index is 12.9. The lowest BCUT2D eigenvalue weighted by molar-refractivity contribution is -0.130. The molecule has 0 saturated carbocycles. The van der Waals surface area contributed by atoms with Crippen LogP contribution in [0.15, 0.2) is 105 Å². The first kappa shape index (κ1) is 23.4. The Morgan fingerprint density at radius 3 is 2.47 bits per heavy atom. The van der Waals surface area contributed by atoms with Crippen LogP contribution >= 0.6 is 0 Å². The van der Waals surface area contributed by atoms with Crippen molar-refractivity contribution in [2.24, 2.45) is 5.10 Å². The van der Waals surface area contributed by atoms with E-state index < -0.39 is 11.7 Å². The van der Waals surface area contributed by atoms with Crippen molar-refractivity contribution in [3.8, 4) is 22.7 Å². The Hall–Kier alpha value is -4.98. The smallest absolute Gasteiger partial charge is 0.345 e. The number of hydrazone groups is 1. The minimum absolute atomic E-state index is 0.233. The normalized spacial score (nSPS) is 15.1. The van der Waals surface area contributed by atoms with E-state index in [4.69, 9.17) is 14.3 Å². The van der Waals surface area contributed by atoms with Gasteiger partial charge in [-0.3, -0.25) is 4.79 Å². The van der Waals surface area contributed by atoms with E-state index in [1.54, 1.807) is 23.9 Å². The number of carbonyl (C=O) groups excluding carboxylic acids is 1. The molecule has 8 nitrogen and oxygen atoms in total. The maximum absolute atomic E-state index is 12.9. The predicted molar refractivity (Wildman–Crippen MR) is 144 cm³/mol. The van der Waals surface area contributed by atoms with Gasteiger partial charge in [0.2, 0.25) is 5.91 Å². The number of methoxy groups -OCH3 is 1. The molecule has 188 valence electrons. The number of fused-ring (bicyclic) bond motifs is 1. The fourth-order valence-corrected chi connectivity index (χ4v) is 4.79. The maximum Gasteiger partial charge on any atom is 0.345 e. The molecule has 1 amide bonds. The van der Waals surface area contributed by atoms with Gasteiger partial charge in [-0.05, 0) is 48.5 Å². The van der Waals surface area contributed by atoms with Gasteiger partial charge < -0.3 is 9.15 Å². The van der Waals surface area contributed by atoms with Crippen LogP contribution in [0.5, 0.6) is 5.75 Å². The van der Waals surface area contributed by atoms with Gasteiger partial charge in [-0.25, -0.2) is 14.5 Å². The highest BCUT2D eigenvalue weighted by molar-refractivity contribution is 6.04. The van der Waals surface area contributed by atoms with Gasteiger partial charge in [-0.15, -0.1) is 0 Å². The number of para-hydroxylation sites is 2. The number of aromatic nitrogens is 2. The van der Waals surface area contributed by atoms with E-state index in [0.717, 1.165) is 33.6 Å². The number of benzene rings is 3. The molecule has 0 N–H and O–H groups in total. The van der Waals surface area contributed by atoms with E-state index in [9.17, 15) is 9.59 Å². The molecular weight excluding hydrogens is 480 g/mol. The van der Waals surface area contributed by atoms with Crippen LogP contribution in [0.1, 0.15) is 30.5 Å². The van der Waals surface area contributed by atoms with Crippen LogP contribution in [0, 0.1) is 0 Å². The minimum Gasteiger partial charge on any atom is -0.497 e. The van der Waals surface area contributed by atoms with E-state index in [-0.39, 0.29) is 5.91 Å². The molecule has 3 heterocycles. The van der Waals surface area contributed by atoms with Crippen molar-refractivity contribution in [3.63, 3.8) is 0 Å². The number of hydrogen-bond acceptors (Lipinski definition) is 6. The second-order valence-electron chi connectivity index (χ2n) is 9.06. The van der Waals surface area contributed by atoms with Crippen molar-refractivity contribution in [3.05, 3.63) is 113 Å². The Morgan fingerprint density at radius 1 is 1.00 bits per heavy atom. The SMILES string of the molecule is COc1ccc(-c2nn(-c3ccccc3)cc2C2CC(c3cc4ccccc4oc3=O)=NN2C(C)=O)cc1. The summed E-state index contributed by atoms with van der Waals surface area (Å²) in [6.45, 7) is 1.47. The number of amides is 1. The summed E-state index contributed by atoms with van der Waals surface area (Å²) < 4.78 is 12.7. The third kappa shape index (κ3) is 4.16. The van der Waals surface area contributed by atoms with Crippen molar-refractivity contribution in [1.29, 1.82) is 0 Å². The molecule has 0 bridgehead atoms. The second kappa shape index (κ2) is 9.48. The first-order valence-corrected chi connectivity index (χ1v) is 12.2. The molecule has 1 aliphatic heterocycles. The number of hydrogen-bond donors (Lipinski definition) is 0. The molecule has 3 aromatic carbocycles. The summed E-state index contributed by atoms with van der Waals surface area (Å²) in [6, 6.07) is 26.0. The molecule has 38 heavy (non-hydrogen) atoms. The van der Waals surface area contributed by atoms with Crippen molar-refractivity contribution in [2.75, 3.05) is 7.11 Å². The molecule has 1 unspecified atom stereocenters. The third-order valence-corrected chi connectivity index (χ3v) is 6.67. The van der Waals surface area contributed by atoms with Crippen LogP contribution < -0.4 is 10.4 Å². The van der Waals surface area contributed by atoms with Crippen molar-refractivity contribution in [1.82, 2.24) is 14.8 Å². The highest BCUT2D eigenvalue weighted by Crippen LogP contribution is 2.38. The molecule has 8 heteroatoms. The van der Waals surface area contributed by atoms with Gasteiger partial charge in [0.15, 0.2) is 0 Å². The molecule has 5 aromatic rings. The van der Waals surface area contributed by atoms with Gasteiger partial charge >= 0.3 is 5.63 Å². The number of carbonyl (C=O) groups is 1. The van der Waals surface area contributed by atoms with E-state index in [1.165, 1.54) is 11.9 Å². The van der Waals surface area contributed by atoms with Crippen LogP contribution in [-0.4, -0.2) is 33.5 Å². The summed E-state index contributed by atoms with van der Waals surface area (Å²) in [7, 11) is 1.62. The lowest BCUT2D eigenvalue weighted by atomic mass is 9.96. The van der Waals surface area contributed by atoms with Crippen molar-refractivity contribution < 1.29 is 13.9 Å². The molecule has 0 radical (unpaired) electrons. The molecule has 0 aliphatic carbocycles. The Kier molecular flexibility index (Phi) is 5.84. The molecule has 6 rings (SSSR count). The van der Waals surface area contributed by atoms with E-state index in [1.807, 2.05) is 79.0 Å². The first-order chi connectivity index (χ1) is 18.5. The van der Waals surface area contributed by atoms with Crippen LogP contribution in [0.25, 0.3) is 27.9 Å². The zero-order valence-electron chi connectivity index (χ0n) is 20.9. The fraction of sp³-hybridized carbons (Fsp3) is 0.133. The molecular formula is C30H24N4O4. The average molecular weight is 505 g/mol. The summed E-state index contributed by atoms with van der Waals surface area (Å²) in [5.74, 6) is 0.501. The van der Waals surface area contributed by atoms with Crippen molar-refractivity contribution in [2.45, 2.75) is 19.4 Å². The molecule has 0 fully saturated rings. The van der Waals surface area contributed by atoms with Gasteiger partial charge in [0.05, 0.1) is 35.8 Å². The van der Waals surface area contributed by atoms with Gasteiger partial charge in [-0.2, -0.15) is 10.2 Å². The monoisotopic (exact) mass is 504 g/mol. The minimum atomic E-state index is -0.484. The molecule has 1 atom stereocenters. The third-order valence-electron chi connectivity index (χ3n) is 6.67. The van der Waals surface area contributed by atoms with Crippen LogP contribution in [0.4, 0.5) is 0 Å². The summed E-state index contributed by atoms with van der Waals surface area (Å²) in [5, 5.41) is 11.7. The van der Waals surface area contributed by atoms with E-state index >= 15 is 0 Å². The second-order valence-corrected chi connectivity index (χ2v) is 9.06. The molecule has 2 aromatic heterocycles. The number of nitrogens with zero attached hydrogens (tertiary/aromatic N) is 4. The summed E-state index contributed by atoms with van der Waals surface area (Å²) >= 11 is 0. The van der Waals surface area contributed by atoms with Crippen molar-refractivity contribution >= 4 is 22.6 Å². The largest absolute Gasteiger partial charge is 0.497 e. The van der Waals surface area contributed by atoms with E-state index in [2.05, 4.69) is 5.10 Å². The highest BCUT2D eigenvalue weighted by Gasteiger charge is 2.36. The Morgan fingerprint density at radius 2 is 1.74 bits per heavy atom. The summed E-state index contributed by atoms with van der Waals surface area (Å²) in [4.78, 5) is 25.7. The number of ether oxygens (including phenoxy) is 1. The summed E-state index contributed by atoms with van der Waals surface area (Å²) in [5.41, 5.74) is 4.16. The summed E-state index contributed by atoms with van der Waals surface area (Å²) in [6.07, 6.45) is 2.27.